The van der Waals surface area contributed by atoms with Crippen molar-refractivity contribution in [2.45, 2.75) is 38.5 Å². The van der Waals surface area contributed by atoms with E-state index in [-0.39, 0.29) is 5.91 Å². The van der Waals surface area contributed by atoms with Crippen LogP contribution in [0.3, 0.4) is 0 Å². The van der Waals surface area contributed by atoms with E-state index in [1.54, 1.807) is 24.3 Å². The van der Waals surface area contributed by atoms with Crippen LogP contribution in [0.5, 0.6) is 0 Å². The highest BCUT2D eigenvalue weighted by Crippen LogP contribution is 2.21. The van der Waals surface area contributed by atoms with Crippen LogP contribution >= 0.6 is 0 Å². The minimum atomic E-state index is -4.23. The Morgan fingerprint density at radius 1 is 1.21 bits per heavy atom. The second kappa shape index (κ2) is 6.56. The van der Waals surface area contributed by atoms with Gasteiger partial charge in [0.05, 0.1) is 12.5 Å². The first-order valence-corrected chi connectivity index (χ1v) is 5.96. The quantitative estimate of drug-likeness (QED) is 0.866. The zero-order chi connectivity index (χ0) is 14.5. The third-order valence-electron chi connectivity index (χ3n) is 2.51. The summed E-state index contributed by atoms with van der Waals surface area (Å²) in [6.45, 7) is 2.94. The Balaban J connectivity index is 2.45. The summed E-state index contributed by atoms with van der Waals surface area (Å²) in [6, 6.07) is 7.25. The number of hydrogen-bond donors (Lipinski definition) is 2. The molecule has 0 heterocycles. The Bertz CT molecular complexity index is 406. The summed E-state index contributed by atoms with van der Waals surface area (Å²) in [5, 5.41) is 5.25. The van der Waals surface area contributed by atoms with Gasteiger partial charge in [0, 0.05) is 11.7 Å². The van der Waals surface area contributed by atoms with Gasteiger partial charge in [-0.05, 0) is 26.0 Å². The fourth-order valence-electron chi connectivity index (χ4n) is 1.68. The van der Waals surface area contributed by atoms with Crippen molar-refractivity contribution in [2.75, 3.05) is 5.32 Å². The number of carbonyl (C=O) groups excluding carboxylic acids is 1. The Kier molecular flexibility index (Phi) is 5.35. The number of rotatable bonds is 5. The van der Waals surface area contributed by atoms with Crippen LogP contribution in [0.4, 0.5) is 18.9 Å². The predicted octanol–water partition coefficient (Wildman–Crippen LogP) is 2.94. The van der Waals surface area contributed by atoms with Crippen molar-refractivity contribution in [3.63, 3.8) is 0 Å². The zero-order valence-corrected chi connectivity index (χ0v) is 10.8. The maximum atomic E-state index is 12.2. The average molecular weight is 274 g/mol. The molecule has 0 spiro atoms. The largest absolute Gasteiger partial charge is 0.390 e. The Labute approximate surface area is 110 Å². The van der Waals surface area contributed by atoms with E-state index in [1.807, 2.05) is 6.07 Å². The summed E-state index contributed by atoms with van der Waals surface area (Å²) in [6.07, 6.45) is -5.20. The summed E-state index contributed by atoms with van der Waals surface area (Å²) < 4.78 is 36.5. The first-order valence-electron chi connectivity index (χ1n) is 5.96. The molecule has 6 heteroatoms. The second-order valence-electron chi connectivity index (χ2n) is 4.46. The molecule has 0 aliphatic carbocycles. The fraction of sp³-hybridized carbons (Fsp3) is 0.462. The summed E-state index contributed by atoms with van der Waals surface area (Å²) >= 11 is 0. The fourth-order valence-corrected chi connectivity index (χ4v) is 1.68. The van der Waals surface area contributed by atoms with Gasteiger partial charge in [-0.3, -0.25) is 4.79 Å². The van der Waals surface area contributed by atoms with Crippen LogP contribution in [0.25, 0.3) is 0 Å². The monoisotopic (exact) mass is 274 g/mol. The van der Waals surface area contributed by atoms with Crippen molar-refractivity contribution in [1.29, 1.82) is 0 Å². The highest BCUT2D eigenvalue weighted by atomic mass is 19.4. The average Bonchev–Trinajstić information content (AvgIpc) is 2.27. The van der Waals surface area contributed by atoms with E-state index in [2.05, 4.69) is 10.6 Å². The number of para-hydroxylation sites is 1. The van der Waals surface area contributed by atoms with Gasteiger partial charge in [0.15, 0.2) is 0 Å². The van der Waals surface area contributed by atoms with Gasteiger partial charge < -0.3 is 10.6 Å². The van der Waals surface area contributed by atoms with E-state index in [4.69, 9.17) is 0 Å². The highest BCUT2D eigenvalue weighted by molar-refractivity contribution is 5.94. The molecule has 19 heavy (non-hydrogen) atoms. The smallest absolute Gasteiger partial charge is 0.325 e. The minimum Gasteiger partial charge on any atom is -0.325 e. The predicted molar refractivity (Wildman–Crippen MR) is 67.8 cm³/mol. The van der Waals surface area contributed by atoms with Crippen molar-refractivity contribution >= 4 is 11.6 Å². The van der Waals surface area contributed by atoms with Crippen LogP contribution in [-0.4, -0.2) is 24.2 Å². The lowest BCUT2D eigenvalue weighted by atomic mass is 10.2. The highest BCUT2D eigenvalue weighted by Gasteiger charge is 2.31. The molecule has 1 aromatic carbocycles. The standard InChI is InChI=1S/C13H17F3N2O/c1-9(8-13(14,15)16)17-10(2)12(19)18-11-6-4-3-5-7-11/h3-7,9-10,17H,8H2,1-2H3,(H,18,19). The van der Waals surface area contributed by atoms with Gasteiger partial charge in [-0.1, -0.05) is 18.2 Å². The minimum absolute atomic E-state index is 0.361. The lowest BCUT2D eigenvalue weighted by Crippen LogP contribution is -2.44. The molecular formula is C13H17F3N2O. The normalized spacial score (nSPS) is 14.8. The van der Waals surface area contributed by atoms with Gasteiger partial charge >= 0.3 is 6.18 Å². The van der Waals surface area contributed by atoms with Crippen LogP contribution in [0.1, 0.15) is 20.3 Å². The summed E-state index contributed by atoms with van der Waals surface area (Å²) in [7, 11) is 0. The van der Waals surface area contributed by atoms with Crippen molar-refractivity contribution in [2.24, 2.45) is 0 Å². The van der Waals surface area contributed by atoms with E-state index in [0.717, 1.165) is 0 Å². The van der Waals surface area contributed by atoms with Gasteiger partial charge in [-0.2, -0.15) is 13.2 Å². The SMILES string of the molecule is CC(CC(F)(F)F)NC(C)C(=O)Nc1ccccc1. The Morgan fingerprint density at radius 2 is 1.79 bits per heavy atom. The van der Waals surface area contributed by atoms with Gasteiger partial charge in [0.2, 0.25) is 5.91 Å². The molecule has 0 fully saturated rings. The Morgan fingerprint density at radius 3 is 2.32 bits per heavy atom. The zero-order valence-electron chi connectivity index (χ0n) is 10.8. The van der Waals surface area contributed by atoms with Crippen LogP contribution in [0.2, 0.25) is 0 Å². The van der Waals surface area contributed by atoms with Crippen LogP contribution in [-0.2, 0) is 4.79 Å². The molecule has 0 bridgehead atoms. The van der Waals surface area contributed by atoms with Crippen LogP contribution in [0.15, 0.2) is 30.3 Å². The third kappa shape index (κ3) is 6.24. The lowest BCUT2D eigenvalue weighted by Gasteiger charge is -2.20. The summed E-state index contributed by atoms with van der Waals surface area (Å²) in [4.78, 5) is 11.8. The molecular weight excluding hydrogens is 257 g/mol. The van der Waals surface area contributed by atoms with Crippen molar-refractivity contribution in [3.05, 3.63) is 30.3 Å². The number of halogens is 3. The molecule has 0 aliphatic heterocycles. The number of anilines is 1. The number of alkyl halides is 3. The number of amides is 1. The molecule has 1 amide bonds. The molecule has 0 aliphatic rings. The van der Waals surface area contributed by atoms with Crippen molar-refractivity contribution in [1.82, 2.24) is 5.32 Å². The van der Waals surface area contributed by atoms with E-state index in [0.29, 0.717) is 5.69 Å². The van der Waals surface area contributed by atoms with Gasteiger partial charge in [0.25, 0.3) is 0 Å². The molecule has 0 aromatic heterocycles. The van der Waals surface area contributed by atoms with Gasteiger partial charge in [-0.15, -0.1) is 0 Å². The molecule has 0 radical (unpaired) electrons. The molecule has 0 saturated carbocycles. The maximum absolute atomic E-state index is 12.2. The third-order valence-corrected chi connectivity index (χ3v) is 2.51. The van der Waals surface area contributed by atoms with Crippen LogP contribution in [0, 0.1) is 0 Å². The van der Waals surface area contributed by atoms with Crippen LogP contribution < -0.4 is 10.6 Å². The molecule has 2 N–H and O–H groups in total. The first-order chi connectivity index (χ1) is 8.78. The van der Waals surface area contributed by atoms with E-state index >= 15 is 0 Å². The molecule has 1 rings (SSSR count). The number of carbonyl (C=O) groups is 1. The first kappa shape index (κ1) is 15.5. The molecule has 1 aromatic rings. The topological polar surface area (TPSA) is 41.1 Å². The molecule has 106 valence electrons. The maximum Gasteiger partial charge on any atom is 0.390 e. The van der Waals surface area contributed by atoms with Gasteiger partial charge in [-0.25, -0.2) is 0 Å². The van der Waals surface area contributed by atoms with Gasteiger partial charge in [0.1, 0.15) is 0 Å². The molecule has 2 unspecified atom stereocenters. The second-order valence-corrected chi connectivity index (χ2v) is 4.46. The van der Waals surface area contributed by atoms with Crippen molar-refractivity contribution in [3.8, 4) is 0 Å². The number of nitrogens with one attached hydrogen (secondary N) is 2. The number of hydrogen-bond acceptors (Lipinski definition) is 2. The molecule has 2 atom stereocenters. The molecule has 0 saturated heterocycles. The lowest BCUT2D eigenvalue weighted by molar-refractivity contribution is -0.140. The van der Waals surface area contributed by atoms with E-state index in [9.17, 15) is 18.0 Å². The van der Waals surface area contributed by atoms with E-state index in [1.165, 1.54) is 13.8 Å². The summed E-state index contributed by atoms with van der Waals surface area (Å²) in [5.41, 5.74) is 0.615. The van der Waals surface area contributed by atoms with E-state index < -0.39 is 24.7 Å². The summed E-state index contributed by atoms with van der Waals surface area (Å²) in [5.74, 6) is -0.361. The molecule has 3 nitrogen and oxygen atoms in total. The Hall–Kier alpha value is -1.56. The van der Waals surface area contributed by atoms with Crippen molar-refractivity contribution < 1.29 is 18.0 Å². The number of benzene rings is 1.